The Balaban J connectivity index is 2.57. The van der Waals surface area contributed by atoms with Crippen LogP contribution in [-0.4, -0.2) is 27.4 Å². The Morgan fingerprint density at radius 2 is 1.38 bits per heavy atom. The molecule has 0 amide bonds. The van der Waals surface area contributed by atoms with E-state index in [0.717, 1.165) is 50.5 Å². The third-order valence-electron chi connectivity index (χ3n) is 7.72. The SMILES string of the molecule is C=C(C#N)c1cc(OC)c(/C(C#N)=C/c2cc(OC)ccc2OCC(CC)CCCC)cc1OCC(CC)CCCC. The van der Waals surface area contributed by atoms with E-state index < -0.39 is 0 Å². The number of ether oxygens (including phenoxy) is 4. The van der Waals surface area contributed by atoms with E-state index in [-0.39, 0.29) is 5.57 Å². The van der Waals surface area contributed by atoms with Gasteiger partial charge in [-0.15, -0.1) is 0 Å². The smallest absolute Gasteiger partial charge is 0.128 e. The summed E-state index contributed by atoms with van der Waals surface area (Å²) in [6.45, 7) is 13.8. The Bertz CT molecular complexity index is 1270. The molecule has 0 heterocycles. The van der Waals surface area contributed by atoms with Crippen molar-refractivity contribution in [2.45, 2.75) is 79.1 Å². The first-order chi connectivity index (χ1) is 20.4. The zero-order chi connectivity index (χ0) is 30.9. The fourth-order valence-corrected chi connectivity index (χ4v) is 4.79. The van der Waals surface area contributed by atoms with Crippen molar-refractivity contribution < 1.29 is 18.9 Å². The van der Waals surface area contributed by atoms with Gasteiger partial charge in [-0.3, -0.25) is 0 Å². The summed E-state index contributed by atoms with van der Waals surface area (Å²) in [6.07, 6.45) is 10.6. The molecule has 0 aromatic heterocycles. The van der Waals surface area contributed by atoms with Crippen molar-refractivity contribution >= 4 is 17.2 Å². The van der Waals surface area contributed by atoms with E-state index >= 15 is 0 Å². The summed E-state index contributed by atoms with van der Waals surface area (Å²) < 4.78 is 23.8. The Labute approximate surface area is 253 Å². The van der Waals surface area contributed by atoms with Crippen LogP contribution in [0.25, 0.3) is 17.2 Å². The molecule has 0 radical (unpaired) electrons. The summed E-state index contributed by atoms with van der Waals surface area (Å²) in [7, 11) is 3.16. The molecule has 2 rings (SSSR count). The zero-order valence-corrected chi connectivity index (χ0v) is 26.4. The van der Waals surface area contributed by atoms with Crippen LogP contribution >= 0.6 is 0 Å². The molecular weight excluding hydrogens is 524 g/mol. The van der Waals surface area contributed by atoms with Crippen molar-refractivity contribution in [1.29, 1.82) is 10.5 Å². The monoisotopic (exact) mass is 572 g/mol. The van der Waals surface area contributed by atoms with Gasteiger partial charge in [-0.2, -0.15) is 10.5 Å². The molecule has 0 saturated carbocycles. The van der Waals surface area contributed by atoms with Crippen molar-refractivity contribution in [2.75, 3.05) is 27.4 Å². The third kappa shape index (κ3) is 9.88. The maximum absolute atomic E-state index is 10.3. The molecule has 2 aromatic carbocycles. The van der Waals surface area contributed by atoms with Crippen LogP contribution in [0.4, 0.5) is 0 Å². The molecular formula is C36H48N2O4. The van der Waals surface area contributed by atoms with E-state index in [4.69, 9.17) is 18.9 Å². The first kappa shape index (κ1) is 34.3. The minimum Gasteiger partial charge on any atom is -0.497 e. The van der Waals surface area contributed by atoms with Crippen molar-refractivity contribution in [1.82, 2.24) is 0 Å². The van der Waals surface area contributed by atoms with E-state index in [0.29, 0.717) is 64.7 Å². The molecule has 0 aliphatic carbocycles. The molecule has 226 valence electrons. The van der Waals surface area contributed by atoms with E-state index in [1.807, 2.05) is 18.2 Å². The molecule has 0 bridgehead atoms. The number of methoxy groups -OCH3 is 2. The van der Waals surface area contributed by atoms with Crippen molar-refractivity contribution in [3.8, 4) is 35.1 Å². The maximum Gasteiger partial charge on any atom is 0.128 e. The van der Waals surface area contributed by atoms with Crippen LogP contribution in [-0.2, 0) is 0 Å². The first-order valence-electron chi connectivity index (χ1n) is 15.3. The lowest BCUT2D eigenvalue weighted by Gasteiger charge is -2.20. The second-order valence-electron chi connectivity index (χ2n) is 10.7. The van der Waals surface area contributed by atoms with Gasteiger partial charge in [0.25, 0.3) is 0 Å². The van der Waals surface area contributed by atoms with Crippen LogP contribution in [0.2, 0.25) is 0 Å². The number of nitriles is 2. The quantitative estimate of drug-likeness (QED) is 0.123. The van der Waals surface area contributed by atoms with Crippen molar-refractivity contribution in [2.24, 2.45) is 11.8 Å². The van der Waals surface area contributed by atoms with Gasteiger partial charge in [-0.1, -0.05) is 72.8 Å². The van der Waals surface area contributed by atoms with Gasteiger partial charge in [-0.25, -0.2) is 0 Å². The van der Waals surface area contributed by atoms with Crippen molar-refractivity contribution in [3.05, 3.63) is 53.6 Å². The summed E-state index contributed by atoms with van der Waals surface area (Å²) in [6, 6.07) is 13.6. The third-order valence-corrected chi connectivity index (χ3v) is 7.72. The lowest BCUT2D eigenvalue weighted by molar-refractivity contribution is 0.232. The van der Waals surface area contributed by atoms with Gasteiger partial charge in [-0.05, 0) is 61.1 Å². The van der Waals surface area contributed by atoms with Gasteiger partial charge in [0.15, 0.2) is 0 Å². The minimum atomic E-state index is 0.274. The van der Waals surface area contributed by atoms with Gasteiger partial charge in [0.2, 0.25) is 0 Å². The number of hydrogen-bond acceptors (Lipinski definition) is 6. The predicted molar refractivity (Wildman–Crippen MR) is 172 cm³/mol. The van der Waals surface area contributed by atoms with Crippen LogP contribution in [0.3, 0.4) is 0 Å². The summed E-state index contributed by atoms with van der Waals surface area (Å²) in [5.41, 5.74) is 2.51. The van der Waals surface area contributed by atoms with Crippen LogP contribution in [0.1, 0.15) is 95.8 Å². The Morgan fingerprint density at radius 1 is 0.786 bits per heavy atom. The number of rotatable bonds is 19. The van der Waals surface area contributed by atoms with Gasteiger partial charge >= 0.3 is 0 Å². The summed E-state index contributed by atoms with van der Waals surface area (Å²) in [5.74, 6) is 3.17. The second-order valence-corrected chi connectivity index (χ2v) is 10.7. The summed E-state index contributed by atoms with van der Waals surface area (Å²) in [4.78, 5) is 0. The highest BCUT2D eigenvalue weighted by Gasteiger charge is 2.19. The predicted octanol–water partition coefficient (Wildman–Crippen LogP) is 9.50. The number of benzene rings is 2. The summed E-state index contributed by atoms with van der Waals surface area (Å²) in [5, 5.41) is 20.0. The Kier molecular flexibility index (Phi) is 15.1. The fourth-order valence-electron chi connectivity index (χ4n) is 4.79. The van der Waals surface area contributed by atoms with Crippen LogP contribution in [0.5, 0.6) is 23.0 Å². The minimum absolute atomic E-state index is 0.274. The normalized spacial score (nSPS) is 12.5. The number of hydrogen-bond donors (Lipinski definition) is 0. The molecule has 42 heavy (non-hydrogen) atoms. The second kappa shape index (κ2) is 18.5. The highest BCUT2D eigenvalue weighted by Crippen LogP contribution is 2.38. The van der Waals surface area contributed by atoms with Gasteiger partial charge < -0.3 is 18.9 Å². The molecule has 0 aliphatic heterocycles. The van der Waals surface area contributed by atoms with E-state index in [1.54, 1.807) is 32.4 Å². The Hall–Kier alpha value is -3.90. The van der Waals surface area contributed by atoms with Gasteiger partial charge in [0.1, 0.15) is 23.0 Å². The number of allylic oxidation sites excluding steroid dienone is 2. The molecule has 0 N–H and O–H groups in total. The molecule has 6 nitrogen and oxygen atoms in total. The molecule has 0 fully saturated rings. The molecule has 0 aliphatic rings. The highest BCUT2D eigenvalue weighted by molar-refractivity contribution is 5.94. The molecule has 2 unspecified atom stereocenters. The molecule has 2 aromatic rings. The van der Waals surface area contributed by atoms with Crippen LogP contribution < -0.4 is 18.9 Å². The fraction of sp³-hybridized carbons (Fsp3) is 0.500. The highest BCUT2D eigenvalue weighted by atomic mass is 16.5. The van der Waals surface area contributed by atoms with E-state index in [2.05, 4.69) is 46.4 Å². The average Bonchev–Trinajstić information content (AvgIpc) is 3.03. The molecule has 6 heteroatoms. The Morgan fingerprint density at radius 3 is 1.88 bits per heavy atom. The topological polar surface area (TPSA) is 84.5 Å². The van der Waals surface area contributed by atoms with E-state index in [1.165, 1.54) is 6.42 Å². The standard InChI is InChI=1S/C36H48N2O4/c1-8-12-14-27(10-3)24-41-34-17-16-31(39-6)19-29(34)18-30(23-38)33-21-36(42-25-28(11-4)15-13-9-2)32(26(5)22-37)20-35(33)40-7/h16-21,27-28H,5,8-15,24-25H2,1-4,6-7H3/b30-18+. The van der Waals surface area contributed by atoms with E-state index in [9.17, 15) is 10.5 Å². The summed E-state index contributed by atoms with van der Waals surface area (Å²) >= 11 is 0. The average molecular weight is 573 g/mol. The molecule has 0 saturated heterocycles. The zero-order valence-electron chi connectivity index (χ0n) is 26.4. The lowest BCUT2D eigenvalue weighted by atomic mass is 9.97. The van der Waals surface area contributed by atoms with Crippen molar-refractivity contribution in [3.63, 3.8) is 0 Å². The molecule has 2 atom stereocenters. The number of unbranched alkanes of at least 4 members (excludes halogenated alkanes) is 2. The van der Waals surface area contributed by atoms with Crippen LogP contribution in [0.15, 0.2) is 36.9 Å². The lowest BCUT2D eigenvalue weighted by Crippen LogP contribution is -2.12. The van der Waals surface area contributed by atoms with Gasteiger partial charge in [0.05, 0.1) is 50.7 Å². The maximum atomic E-state index is 10.3. The molecule has 0 spiro atoms. The number of nitrogens with zero attached hydrogens (tertiary/aromatic N) is 2. The largest absolute Gasteiger partial charge is 0.497 e. The van der Waals surface area contributed by atoms with Crippen LogP contribution in [0, 0.1) is 34.5 Å². The first-order valence-corrected chi connectivity index (χ1v) is 15.3. The van der Waals surface area contributed by atoms with Gasteiger partial charge in [0, 0.05) is 16.7 Å².